The molecule has 4 aromatic rings. The van der Waals surface area contributed by atoms with Crippen molar-refractivity contribution in [2.75, 3.05) is 18.0 Å². The molecule has 0 N–H and O–H groups in total. The maximum Gasteiger partial charge on any atom is 0.231 e. The van der Waals surface area contributed by atoms with Crippen molar-refractivity contribution in [3.8, 4) is 0 Å². The monoisotopic (exact) mass is 472 g/mol. The SMILES string of the molecule is CCN(CC)c1ccc(/N=N/c2nc3sc(C=C4C(=O)c5ccccc5C4=O)cc3s2)cc1. The Balaban J connectivity index is 1.34. The molecule has 0 amide bonds. The molecule has 2 heterocycles. The highest BCUT2D eigenvalue weighted by atomic mass is 32.1. The van der Waals surface area contributed by atoms with Crippen molar-refractivity contribution in [3.05, 3.63) is 76.2 Å². The molecule has 0 unspecified atom stereocenters. The summed E-state index contributed by atoms with van der Waals surface area (Å²) in [5.74, 6) is -0.441. The van der Waals surface area contributed by atoms with Crippen LogP contribution >= 0.6 is 22.7 Å². The highest BCUT2D eigenvalue weighted by Crippen LogP contribution is 2.37. The van der Waals surface area contributed by atoms with Crippen LogP contribution in [0.1, 0.15) is 39.4 Å². The van der Waals surface area contributed by atoms with E-state index in [1.807, 2.05) is 30.3 Å². The van der Waals surface area contributed by atoms with Gasteiger partial charge in [-0.3, -0.25) is 9.59 Å². The summed E-state index contributed by atoms with van der Waals surface area (Å²) in [6.07, 6.45) is 1.67. The zero-order valence-electron chi connectivity index (χ0n) is 18.1. The van der Waals surface area contributed by atoms with E-state index in [1.165, 1.54) is 22.7 Å². The standard InChI is InChI=1S/C25H20N4O2S2/c1-3-29(4-2)16-11-9-15(10-12-16)27-28-25-26-24-21(33-25)14-17(32-24)13-20-22(30)18-7-5-6-8-19(18)23(20)31/h5-14H,3-4H2,1-2H3/b28-27+. The summed E-state index contributed by atoms with van der Waals surface area (Å²) in [7, 11) is 0. The number of anilines is 1. The Kier molecular flexibility index (Phi) is 5.70. The van der Waals surface area contributed by atoms with E-state index >= 15 is 0 Å². The number of azo groups is 1. The third-order valence-electron chi connectivity index (χ3n) is 5.52. The minimum Gasteiger partial charge on any atom is -0.372 e. The number of thiazole rings is 1. The second-order valence-electron chi connectivity index (χ2n) is 7.47. The molecule has 8 heteroatoms. The van der Waals surface area contributed by atoms with Crippen molar-refractivity contribution >= 4 is 66.4 Å². The molecule has 2 aromatic heterocycles. The van der Waals surface area contributed by atoms with E-state index in [2.05, 4.69) is 34.0 Å². The lowest BCUT2D eigenvalue weighted by atomic mass is 10.1. The van der Waals surface area contributed by atoms with Gasteiger partial charge in [-0.15, -0.1) is 21.6 Å². The number of aromatic nitrogens is 1. The van der Waals surface area contributed by atoms with Crippen LogP contribution in [0.2, 0.25) is 0 Å². The number of allylic oxidation sites excluding steroid dienone is 1. The minimum absolute atomic E-state index is 0.207. The van der Waals surface area contributed by atoms with Gasteiger partial charge < -0.3 is 4.90 Å². The smallest absolute Gasteiger partial charge is 0.231 e. The molecular weight excluding hydrogens is 452 g/mol. The summed E-state index contributed by atoms with van der Waals surface area (Å²) in [5, 5.41) is 9.17. The van der Waals surface area contributed by atoms with Crippen molar-refractivity contribution in [3.63, 3.8) is 0 Å². The Morgan fingerprint density at radius 2 is 1.58 bits per heavy atom. The number of carbonyl (C=O) groups is 2. The van der Waals surface area contributed by atoms with Gasteiger partial charge >= 0.3 is 0 Å². The summed E-state index contributed by atoms with van der Waals surface area (Å²) in [4.78, 5) is 33.7. The Morgan fingerprint density at radius 3 is 2.18 bits per heavy atom. The summed E-state index contributed by atoms with van der Waals surface area (Å²) in [6.45, 7) is 6.19. The van der Waals surface area contributed by atoms with Crippen LogP contribution in [0.5, 0.6) is 0 Å². The van der Waals surface area contributed by atoms with Crippen molar-refractivity contribution in [1.82, 2.24) is 4.98 Å². The topological polar surface area (TPSA) is 75.0 Å². The number of nitrogens with zero attached hydrogens (tertiary/aromatic N) is 4. The number of carbonyl (C=O) groups excluding carboxylic acids is 2. The first kappa shape index (κ1) is 21.4. The Morgan fingerprint density at radius 1 is 0.909 bits per heavy atom. The minimum atomic E-state index is -0.221. The van der Waals surface area contributed by atoms with Crippen LogP contribution in [0.3, 0.4) is 0 Å². The van der Waals surface area contributed by atoms with Crippen LogP contribution in [0.15, 0.2) is 70.4 Å². The molecule has 0 bridgehead atoms. The van der Waals surface area contributed by atoms with Gasteiger partial charge in [0.15, 0.2) is 11.6 Å². The third kappa shape index (κ3) is 4.03. The number of thiophene rings is 1. The lowest BCUT2D eigenvalue weighted by Crippen LogP contribution is -2.21. The highest BCUT2D eigenvalue weighted by Gasteiger charge is 2.32. The number of ketones is 2. The molecule has 0 radical (unpaired) electrons. The second-order valence-corrected chi connectivity index (χ2v) is 9.54. The van der Waals surface area contributed by atoms with E-state index in [0.717, 1.165) is 38.9 Å². The van der Waals surface area contributed by atoms with Gasteiger partial charge in [0.25, 0.3) is 0 Å². The van der Waals surface area contributed by atoms with Crippen molar-refractivity contribution < 1.29 is 9.59 Å². The Hall–Kier alpha value is -3.49. The van der Waals surface area contributed by atoms with Gasteiger partial charge in [-0.2, -0.15) is 0 Å². The molecule has 33 heavy (non-hydrogen) atoms. The van der Waals surface area contributed by atoms with Crippen LogP contribution in [0, 0.1) is 0 Å². The molecule has 0 spiro atoms. The average molecular weight is 473 g/mol. The van der Waals surface area contributed by atoms with E-state index in [4.69, 9.17) is 0 Å². The molecule has 164 valence electrons. The first-order chi connectivity index (χ1) is 16.1. The quantitative estimate of drug-likeness (QED) is 0.171. The highest BCUT2D eigenvalue weighted by molar-refractivity contribution is 7.29. The summed E-state index contributed by atoms with van der Waals surface area (Å²) in [5.41, 5.74) is 3.08. The molecule has 0 fully saturated rings. The van der Waals surface area contributed by atoms with Crippen LogP contribution in [0.4, 0.5) is 16.5 Å². The van der Waals surface area contributed by atoms with Gasteiger partial charge in [0.2, 0.25) is 5.13 Å². The second kappa shape index (κ2) is 8.80. The zero-order valence-corrected chi connectivity index (χ0v) is 19.7. The third-order valence-corrected chi connectivity index (χ3v) is 7.51. The van der Waals surface area contributed by atoms with Crippen LogP contribution in [-0.2, 0) is 0 Å². The van der Waals surface area contributed by atoms with Crippen molar-refractivity contribution in [2.24, 2.45) is 10.2 Å². The molecule has 5 rings (SSSR count). The Labute approximate surface area is 198 Å². The molecular formula is C25H20N4O2S2. The van der Waals surface area contributed by atoms with Gasteiger partial charge in [-0.25, -0.2) is 4.98 Å². The fourth-order valence-electron chi connectivity index (χ4n) is 3.82. The molecule has 6 nitrogen and oxygen atoms in total. The first-order valence-corrected chi connectivity index (χ1v) is 12.3. The van der Waals surface area contributed by atoms with Gasteiger partial charge in [-0.05, 0) is 50.3 Å². The Bertz CT molecular complexity index is 1360. The molecule has 0 saturated carbocycles. The fourth-order valence-corrected chi connectivity index (χ4v) is 5.81. The number of hydrogen-bond donors (Lipinski definition) is 0. The number of benzene rings is 2. The van der Waals surface area contributed by atoms with Crippen molar-refractivity contribution in [2.45, 2.75) is 13.8 Å². The maximum absolute atomic E-state index is 12.6. The largest absolute Gasteiger partial charge is 0.372 e. The predicted molar refractivity (Wildman–Crippen MR) is 135 cm³/mol. The lowest BCUT2D eigenvalue weighted by Gasteiger charge is -2.20. The predicted octanol–water partition coefficient (Wildman–Crippen LogP) is 7.08. The molecule has 2 aromatic carbocycles. The summed E-state index contributed by atoms with van der Waals surface area (Å²) < 4.78 is 0.952. The van der Waals surface area contributed by atoms with Gasteiger partial charge in [-0.1, -0.05) is 35.6 Å². The average Bonchev–Trinajstić information content (AvgIpc) is 3.46. The van der Waals surface area contributed by atoms with Crippen LogP contribution in [0.25, 0.3) is 15.6 Å². The number of Topliss-reactive ketones (excluding diaryl/α,β-unsaturated/α-hetero) is 2. The van der Waals surface area contributed by atoms with E-state index in [0.29, 0.717) is 16.3 Å². The summed E-state index contributed by atoms with van der Waals surface area (Å²) >= 11 is 2.86. The van der Waals surface area contributed by atoms with E-state index in [-0.39, 0.29) is 17.1 Å². The number of hydrogen-bond acceptors (Lipinski definition) is 8. The lowest BCUT2D eigenvalue weighted by molar-refractivity contribution is 0.0990. The van der Waals surface area contributed by atoms with Gasteiger partial charge in [0.05, 0.1) is 16.0 Å². The van der Waals surface area contributed by atoms with E-state index in [9.17, 15) is 9.59 Å². The van der Waals surface area contributed by atoms with Gasteiger partial charge in [0.1, 0.15) is 4.83 Å². The molecule has 0 atom stereocenters. The number of rotatable bonds is 6. The molecule has 0 saturated heterocycles. The van der Waals surface area contributed by atoms with Crippen LogP contribution in [-0.4, -0.2) is 29.6 Å². The molecule has 1 aliphatic rings. The fraction of sp³-hybridized carbons (Fsp3) is 0.160. The first-order valence-electron chi connectivity index (χ1n) is 10.6. The molecule has 1 aliphatic carbocycles. The van der Waals surface area contributed by atoms with Crippen molar-refractivity contribution in [1.29, 1.82) is 0 Å². The van der Waals surface area contributed by atoms with Gasteiger partial charge in [0, 0.05) is 34.8 Å². The summed E-state index contributed by atoms with van der Waals surface area (Å²) in [6, 6.07) is 16.9. The number of fused-ring (bicyclic) bond motifs is 2. The maximum atomic E-state index is 12.6. The van der Waals surface area contributed by atoms with E-state index < -0.39 is 0 Å². The van der Waals surface area contributed by atoms with E-state index in [1.54, 1.807) is 30.3 Å². The zero-order chi connectivity index (χ0) is 22.9. The normalized spacial score (nSPS) is 13.3. The van der Waals surface area contributed by atoms with Crippen LogP contribution < -0.4 is 4.90 Å². The molecule has 0 aliphatic heterocycles.